The number of nitrogens with two attached hydrogens (primary N) is 1. The van der Waals surface area contributed by atoms with E-state index in [9.17, 15) is 8.78 Å². The van der Waals surface area contributed by atoms with E-state index in [0.29, 0.717) is 23.1 Å². The molecule has 1 saturated carbocycles. The summed E-state index contributed by atoms with van der Waals surface area (Å²) in [5.41, 5.74) is 6.21. The van der Waals surface area contributed by atoms with Gasteiger partial charge in [-0.15, -0.1) is 0 Å². The molecule has 0 unspecified atom stereocenters. The van der Waals surface area contributed by atoms with Crippen LogP contribution in [0, 0.1) is 11.6 Å². The maximum atomic E-state index is 13.2. The van der Waals surface area contributed by atoms with Crippen molar-refractivity contribution in [2.75, 3.05) is 5.73 Å². The molecule has 0 bridgehead atoms. The Morgan fingerprint density at radius 2 is 1.67 bits per heavy atom. The minimum atomic E-state index is -0.608. The van der Waals surface area contributed by atoms with Crippen molar-refractivity contribution in [3.63, 3.8) is 0 Å². The lowest BCUT2D eigenvalue weighted by Gasteiger charge is -2.10. The molecule has 4 nitrogen and oxygen atoms in total. The zero-order valence-corrected chi connectivity index (χ0v) is 11.5. The van der Waals surface area contributed by atoms with Gasteiger partial charge in [-0.25, -0.2) is 13.8 Å². The summed E-state index contributed by atoms with van der Waals surface area (Å²) in [4.78, 5) is 12.7. The Hall–Kier alpha value is -2.11. The number of hydrogen-bond donors (Lipinski definition) is 1. The van der Waals surface area contributed by atoms with Crippen LogP contribution in [0.2, 0.25) is 0 Å². The zero-order valence-electron chi connectivity index (χ0n) is 11.5. The van der Waals surface area contributed by atoms with Gasteiger partial charge in [0.15, 0.2) is 0 Å². The van der Waals surface area contributed by atoms with Gasteiger partial charge in [0.1, 0.15) is 23.3 Å². The van der Waals surface area contributed by atoms with Crippen LogP contribution in [0.25, 0.3) is 0 Å². The third-order valence-corrected chi connectivity index (χ3v) is 3.72. The van der Waals surface area contributed by atoms with Crippen LogP contribution in [0.5, 0.6) is 0 Å². The molecule has 1 aromatic heterocycles. The van der Waals surface area contributed by atoms with Crippen LogP contribution in [0.15, 0.2) is 18.2 Å². The van der Waals surface area contributed by atoms with Crippen LogP contribution < -0.4 is 5.73 Å². The summed E-state index contributed by atoms with van der Waals surface area (Å²) in [7, 11) is 0. The van der Waals surface area contributed by atoms with Gasteiger partial charge in [-0.3, -0.25) is 0 Å². The van der Waals surface area contributed by atoms with Gasteiger partial charge in [-0.05, 0) is 30.5 Å². The molecule has 3 rings (SSSR count). The quantitative estimate of drug-likeness (QED) is 0.943. The number of hydrogen-bond acceptors (Lipinski definition) is 4. The summed E-state index contributed by atoms with van der Waals surface area (Å²) in [5.74, 6) is 0.421. The normalized spacial score (nSPS) is 15.5. The lowest BCUT2D eigenvalue weighted by molar-refractivity contribution is 0.580. The molecule has 6 heteroatoms. The summed E-state index contributed by atoms with van der Waals surface area (Å²) in [6.07, 6.45) is 4.68. The molecular weight excluding hydrogens is 274 g/mol. The molecule has 0 spiro atoms. The largest absolute Gasteiger partial charge is 0.368 e. The van der Waals surface area contributed by atoms with Crippen LogP contribution in [-0.4, -0.2) is 15.0 Å². The SMILES string of the molecule is Nc1nc(Cc2cc(F)cc(F)c2)nc(C2CCCC2)n1. The van der Waals surface area contributed by atoms with Crippen LogP contribution >= 0.6 is 0 Å². The third-order valence-electron chi connectivity index (χ3n) is 3.72. The molecule has 1 fully saturated rings. The molecule has 2 N–H and O–H groups in total. The van der Waals surface area contributed by atoms with E-state index in [1.807, 2.05) is 0 Å². The number of aromatic nitrogens is 3. The maximum absolute atomic E-state index is 13.2. The smallest absolute Gasteiger partial charge is 0.223 e. The fourth-order valence-corrected chi connectivity index (χ4v) is 2.80. The first-order valence-electron chi connectivity index (χ1n) is 7.05. The van der Waals surface area contributed by atoms with Crippen molar-refractivity contribution in [3.05, 3.63) is 47.0 Å². The molecule has 0 saturated heterocycles. The van der Waals surface area contributed by atoms with E-state index in [1.54, 1.807) is 0 Å². The highest BCUT2D eigenvalue weighted by molar-refractivity contribution is 5.24. The Kier molecular flexibility index (Phi) is 3.77. The molecule has 110 valence electrons. The lowest BCUT2D eigenvalue weighted by atomic mass is 10.1. The topological polar surface area (TPSA) is 64.7 Å². The van der Waals surface area contributed by atoms with Crippen LogP contribution in [0.3, 0.4) is 0 Å². The minimum absolute atomic E-state index is 0.166. The Labute approximate surface area is 121 Å². The Morgan fingerprint density at radius 1 is 1.00 bits per heavy atom. The predicted molar refractivity (Wildman–Crippen MR) is 74.6 cm³/mol. The van der Waals surface area contributed by atoms with Crippen molar-refractivity contribution < 1.29 is 8.78 Å². The summed E-state index contributed by atoms with van der Waals surface area (Å²) >= 11 is 0. The number of rotatable bonds is 3. The van der Waals surface area contributed by atoms with Crippen LogP contribution in [0.4, 0.5) is 14.7 Å². The molecule has 0 atom stereocenters. The zero-order chi connectivity index (χ0) is 14.8. The summed E-state index contributed by atoms with van der Waals surface area (Å²) < 4.78 is 26.4. The van der Waals surface area contributed by atoms with Crippen molar-refractivity contribution in [3.8, 4) is 0 Å². The van der Waals surface area contributed by atoms with Crippen molar-refractivity contribution in [1.82, 2.24) is 15.0 Å². The van der Waals surface area contributed by atoms with Crippen LogP contribution in [-0.2, 0) is 6.42 Å². The minimum Gasteiger partial charge on any atom is -0.368 e. The highest BCUT2D eigenvalue weighted by atomic mass is 19.1. The number of benzene rings is 1. The highest BCUT2D eigenvalue weighted by Gasteiger charge is 2.21. The summed E-state index contributed by atoms with van der Waals surface area (Å²) in [6.45, 7) is 0. The first kappa shape index (κ1) is 13.9. The Morgan fingerprint density at radius 3 is 2.33 bits per heavy atom. The van der Waals surface area contributed by atoms with Gasteiger partial charge in [0.25, 0.3) is 0 Å². The monoisotopic (exact) mass is 290 g/mol. The third kappa shape index (κ3) is 3.32. The molecule has 1 aliphatic rings. The number of anilines is 1. The van der Waals surface area contributed by atoms with Gasteiger partial charge < -0.3 is 5.73 Å². The van der Waals surface area contributed by atoms with E-state index >= 15 is 0 Å². The van der Waals surface area contributed by atoms with E-state index in [1.165, 1.54) is 25.0 Å². The molecule has 0 amide bonds. The molecule has 1 aliphatic carbocycles. The van der Waals surface area contributed by atoms with E-state index < -0.39 is 11.6 Å². The van der Waals surface area contributed by atoms with Gasteiger partial charge in [0.05, 0.1) is 0 Å². The number of nitrogens with zero attached hydrogens (tertiary/aromatic N) is 3. The Balaban J connectivity index is 1.87. The van der Waals surface area contributed by atoms with Gasteiger partial charge >= 0.3 is 0 Å². The molecule has 1 aromatic carbocycles. The van der Waals surface area contributed by atoms with Gasteiger partial charge in [0, 0.05) is 18.4 Å². The number of nitrogen functional groups attached to an aromatic ring is 1. The van der Waals surface area contributed by atoms with Crippen LogP contribution in [0.1, 0.15) is 48.8 Å². The molecule has 21 heavy (non-hydrogen) atoms. The number of halogens is 2. The average molecular weight is 290 g/mol. The van der Waals surface area contributed by atoms with Crippen molar-refractivity contribution >= 4 is 5.95 Å². The van der Waals surface area contributed by atoms with E-state index in [2.05, 4.69) is 15.0 Å². The second-order valence-corrected chi connectivity index (χ2v) is 5.40. The standard InChI is InChI=1S/C15H16F2N4/c16-11-5-9(6-12(17)8-11)7-13-19-14(21-15(18)20-13)10-3-1-2-4-10/h5-6,8,10H,1-4,7H2,(H2,18,19,20,21). The second kappa shape index (κ2) is 5.71. The van der Waals surface area contributed by atoms with E-state index in [4.69, 9.17) is 5.73 Å². The Bertz CT molecular complexity index is 634. The van der Waals surface area contributed by atoms with Gasteiger partial charge in [-0.1, -0.05) is 12.8 Å². The second-order valence-electron chi connectivity index (χ2n) is 5.40. The highest BCUT2D eigenvalue weighted by Crippen LogP contribution is 2.32. The average Bonchev–Trinajstić information content (AvgIpc) is 2.90. The molecular formula is C15H16F2N4. The predicted octanol–water partition coefficient (Wildman–Crippen LogP) is 2.98. The van der Waals surface area contributed by atoms with Crippen molar-refractivity contribution in [2.24, 2.45) is 0 Å². The fraction of sp³-hybridized carbons (Fsp3) is 0.400. The first-order valence-corrected chi connectivity index (χ1v) is 7.05. The maximum Gasteiger partial charge on any atom is 0.223 e. The molecule has 2 aromatic rings. The lowest BCUT2D eigenvalue weighted by Crippen LogP contribution is -2.10. The van der Waals surface area contributed by atoms with E-state index in [-0.39, 0.29) is 12.4 Å². The van der Waals surface area contributed by atoms with Crippen molar-refractivity contribution in [1.29, 1.82) is 0 Å². The molecule has 0 aliphatic heterocycles. The first-order chi connectivity index (χ1) is 10.1. The summed E-state index contributed by atoms with van der Waals surface area (Å²) in [6, 6.07) is 3.39. The van der Waals surface area contributed by atoms with Gasteiger partial charge in [0.2, 0.25) is 5.95 Å². The van der Waals surface area contributed by atoms with Crippen molar-refractivity contribution in [2.45, 2.75) is 38.0 Å². The van der Waals surface area contributed by atoms with Gasteiger partial charge in [-0.2, -0.15) is 9.97 Å². The van der Waals surface area contributed by atoms with E-state index in [0.717, 1.165) is 18.9 Å². The molecule has 1 heterocycles. The molecule has 0 radical (unpaired) electrons. The summed E-state index contributed by atoms with van der Waals surface area (Å²) in [5, 5.41) is 0. The fourth-order valence-electron chi connectivity index (χ4n) is 2.80.